The number of hydrogen-bond donors (Lipinski definition) is 0. The fourth-order valence-corrected chi connectivity index (χ4v) is 6.05. The Kier molecular flexibility index (Phi) is 6.92. The average molecular weight is 484 g/mol. The van der Waals surface area contributed by atoms with E-state index >= 15 is 0 Å². The molecular weight excluding hydrogens is 458 g/mol. The van der Waals surface area contributed by atoms with Gasteiger partial charge >= 0.3 is 0 Å². The van der Waals surface area contributed by atoms with Gasteiger partial charge in [-0.1, -0.05) is 36.7 Å². The van der Waals surface area contributed by atoms with Gasteiger partial charge in [-0.2, -0.15) is 9.40 Å². The van der Waals surface area contributed by atoms with Crippen molar-refractivity contribution in [2.45, 2.75) is 42.1 Å². The van der Waals surface area contributed by atoms with Crippen LogP contribution >= 0.6 is 23.4 Å². The second-order valence-corrected chi connectivity index (χ2v) is 10.7. The molecule has 0 spiro atoms. The third-order valence-electron chi connectivity index (χ3n) is 5.25. The minimum atomic E-state index is -3.56. The highest BCUT2D eigenvalue weighted by Crippen LogP contribution is 2.30. The molecule has 3 aromatic rings. The smallest absolute Gasteiger partial charge is 0.243 e. The quantitative estimate of drug-likeness (QED) is 0.456. The number of hydrogen-bond acceptors (Lipinski definition) is 6. The summed E-state index contributed by atoms with van der Waals surface area (Å²) in [6.07, 6.45) is 2.07. The first-order valence-corrected chi connectivity index (χ1v) is 13.1. The van der Waals surface area contributed by atoms with Gasteiger partial charge in [-0.15, -0.1) is 0 Å². The third kappa shape index (κ3) is 4.78. The van der Waals surface area contributed by atoms with Crippen molar-refractivity contribution in [3.63, 3.8) is 0 Å². The molecule has 1 aliphatic heterocycles. The molecule has 0 bridgehead atoms. The van der Waals surface area contributed by atoms with Crippen molar-refractivity contribution < 1.29 is 13.2 Å². The SMILES string of the molecule is CCCCn1c(SCc2cc(Cl)n(C)n2)nc2cc(S(=O)(=O)N3CCOCC3)ccc21. The Hall–Kier alpha value is -1.59. The molecule has 0 saturated carbocycles. The minimum absolute atomic E-state index is 0.273. The van der Waals surface area contributed by atoms with E-state index in [2.05, 4.69) is 16.6 Å². The molecule has 0 amide bonds. The van der Waals surface area contributed by atoms with Crippen molar-refractivity contribution in [3.05, 3.63) is 35.1 Å². The van der Waals surface area contributed by atoms with Gasteiger partial charge in [0, 0.05) is 32.4 Å². The zero-order valence-electron chi connectivity index (χ0n) is 17.6. The molecular formula is C20H26ClN5O3S2. The van der Waals surface area contributed by atoms with E-state index in [1.165, 1.54) is 4.31 Å². The lowest BCUT2D eigenvalue weighted by molar-refractivity contribution is 0.0730. The summed E-state index contributed by atoms with van der Waals surface area (Å²) in [4.78, 5) is 5.05. The molecule has 4 rings (SSSR count). The lowest BCUT2D eigenvalue weighted by Gasteiger charge is -2.26. The number of thioether (sulfide) groups is 1. The van der Waals surface area contributed by atoms with Gasteiger partial charge in [-0.25, -0.2) is 13.4 Å². The van der Waals surface area contributed by atoms with Gasteiger partial charge < -0.3 is 9.30 Å². The molecule has 8 nitrogen and oxygen atoms in total. The van der Waals surface area contributed by atoms with Crippen LogP contribution in [0.15, 0.2) is 34.3 Å². The number of nitrogens with zero attached hydrogens (tertiary/aromatic N) is 5. The molecule has 1 fully saturated rings. The fourth-order valence-electron chi connectivity index (χ4n) is 3.54. The largest absolute Gasteiger partial charge is 0.379 e. The number of halogens is 1. The van der Waals surface area contributed by atoms with Crippen LogP contribution in [0.4, 0.5) is 0 Å². The number of sulfonamides is 1. The summed E-state index contributed by atoms with van der Waals surface area (Å²) in [6.45, 7) is 4.57. The van der Waals surface area contributed by atoms with Gasteiger partial charge in [0.25, 0.3) is 0 Å². The first-order valence-electron chi connectivity index (χ1n) is 10.3. The van der Waals surface area contributed by atoms with Crippen molar-refractivity contribution in [1.29, 1.82) is 0 Å². The third-order valence-corrected chi connectivity index (χ3v) is 8.51. The Morgan fingerprint density at radius 1 is 1.23 bits per heavy atom. The van der Waals surface area contributed by atoms with Crippen LogP contribution in [0.2, 0.25) is 5.15 Å². The molecule has 168 valence electrons. The first kappa shape index (κ1) is 22.6. The maximum Gasteiger partial charge on any atom is 0.243 e. The van der Waals surface area contributed by atoms with E-state index in [9.17, 15) is 8.42 Å². The summed E-state index contributed by atoms with van der Waals surface area (Å²) in [5, 5.41) is 5.84. The number of benzene rings is 1. The number of imidazole rings is 1. The van der Waals surface area contributed by atoms with Crippen LogP contribution in [0, 0.1) is 0 Å². The number of fused-ring (bicyclic) bond motifs is 1. The molecule has 3 heterocycles. The Morgan fingerprint density at radius 3 is 2.68 bits per heavy atom. The van der Waals surface area contributed by atoms with E-state index in [0.29, 0.717) is 42.7 Å². The number of aryl methyl sites for hydroxylation is 2. The number of rotatable bonds is 8. The molecule has 0 unspecified atom stereocenters. The maximum atomic E-state index is 13.0. The van der Waals surface area contributed by atoms with Crippen molar-refractivity contribution >= 4 is 44.4 Å². The summed E-state index contributed by atoms with van der Waals surface area (Å²) in [7, 11) is -1.75. The topological polar surface area (TPSA) is 82.2 Å². The van der Waals surface area contributed by atoms with Crippen LogP contribution in [0.5, 0.6) is 0 Å². The van der Waals surface area contributed by atoms with Gasteiger partial charge in [0.2, 0.25) is 10.0 Å². The Balaban J connectivity index is 1.65. The van der Waals surface area contributed by atoms with Gasteiger partial charge in [0.1, 0.15) is 5.15 Å². The van der Waals surface area contributed by atoms with Crippen LogP contribution in [-0.4, -0.2) is 58.4 Å². The standard InChI is InChI=1S/C20H26ClN5O3S2/c1-3-4-7-26-18-6-5-16(31(27,28)25-8-10-29-11-9-25)13-17(18)22-20(26)30-14-15-12-19(21)24(2)23-15/h5-6,12-13H,3-4,7-11,14H2,1-2H3. The van der Waals surface area contributed by atoms with Crippen LogP contribution in [-0.2, 0) is 34.1 Å². The van der Waals surface area contributed by atoms with E-state index in [-0.39, 0.29) is 4.90 Å². The van der Waals surface area contributed by atoms with Crippen LogP contribution < -0.4 is 0 Å². The maximum absolute atomic E-state index is 13.0. The summed E-state index contributed by atoms with van der Waals surface area (Å²) < 4.78 is 36.7. The van der Waals surface area contributed by atoms with Crippen molar-refractivity contribution in [1.82, 2.24) is 23.6 Å². The Labute approximate surface area is 191 Å². The van der Waals surface area contributed by atoms with E-state index in [1.807, 2.05) is 19.2 Å². The molecule has 1 aromatic carbocycles. The van der Waals surface area contributed by atoms with Crippen molar-refractivity contribution in [3.8, 4) is 0 Å². The monoisotopic (exact) mass is 483 g/mol. The Bertz CT molecular complexity index is 1150. The van der Waals surface area contributed by atoms with E-state index < -0.39 is 10.0 Å². The van der Waals surface area contributed by atoms with Gasteiger partial charge in [-0.3, -0.25) is 4.68 Å². The highest BCUT2D eigenvalue weighted by Gasteiger charge is 2.27. The zero-order chi connectivity index (χ0) is 22.0. The van der Waals surface area contributed by atoms with Crippen molar-refractivity contribution in [2.24, 2.45) is 7.05 Å². The summed E-state index contributed by atoms with van der Waals surface area (Å²) in [6, 6.07) is 7.09. The normalized spacial score (nSPS) is 15.7. The second-order valence-electron chi connectivity index (χ2n) is 7.44. The molecule has 31 heavy (non-hydrogen) atoms. The van der Waals surface area contributed by atoms with Crippen LogP contribution in [0.3, 0.4) is 0 Å². The zero-order valence-corrected chi connectivity index (χ0v) is 20.0. The van der Waals surface area contributed by atoms with Crippen LogP contribution in [0.25, 0.3) is 11.0 Å². The Morgan fingerprint density at radius 2 is 2.00 bits per heavy atom. The molecule has 0 radical (unpaired) electrons. The number of ether oxygens (including phenoxy) is 1. The second kappa shape index (κ2) is 9.50. The number of unbranched alkanes of at least 4 members (excludes halogenated alkanes) is 1. The van der Waals surface area contributed by atoms with E-state index in [0.717, 1.165) is 35.8 Å². The van der Waals surface area contributed by atoms with Crippen molar-refractivity contribution in [2.75, 3.05) is 26.3 Å². The number of aromatic nitrogens is 4. The molecule has 1 aliphatic rings. The minimum Gasteiger partial charge on any atom is -0.379 e. The average Bonchev–Trinajstić information content (AvgIpc) is 3.29. The highest BCUT2D eigenvalue weighted by atomic mass is 35.5. The summed E-state index contributed by atoms with van der Waals surface area (Å²) in [5.74, 6) is 0.634. The first-order chi connectivity index (χ1) is 14.9. The van der Waals surface area contributed by atoms with Gasteiger partial charge in [0.05, 0.1) is 34.8 Å². The molecule has 0 aliphatic carbocycles. The lowest BCUT2D eigenvalue weighted by Crippen LogP contribution is -2.40. The molecule has 2 aromatic heterocycles. The van der Waals surface area contributed by atoms with Gasteiger partial charge in [-0.05, 0) is 30.7 Å². The lowest BCUT2D eigenvalue weighted by atomic mass is 10.3. The predicted octanol–water partition coefficient (Wildman–Crippen LogP) is 3.54. The molecule has 11 heteroatoms. The van der Waals surface area contributed by atoms with Crippen LogP contribution in [0.1, 0.15) is 25.5 Å². The summed E-state index contributed by atoms with van der Waals surface area (Å²) in [5.41, 5.74) is 2.50. The fraction of sp³-hybridized carbons (Fsp3) is 0.500. The molecule has 0 atom stereocenters. The summed E-state index contributed by atoms with van der Waals surface area (Å²) >= 11 is 7.68. The van der Waals surface area contributed by atoms with Gasteiger partial charge in [0.15, 0.2) is 5.16 Å². The molecule has 0 N–H and O–H groups in total. The van der Waals surface area contributed by atoms with E-state index in [1.54, 1.807) is 28.6 Å². The molecule has 1 saturated heterocycles. The predicted molar refractivity (Wildman–Crippen MR) is 122 cm³/mol. The van der Waals surface area contributed by atoms with E-state index in [4.69, 9.17) is 21.3 Å². The number of morpholine rings is 1. The highest BCUT2D eigenvalue weighted by molar-refractivity contribution is 7.98.